The van der Waals surface area contributed by atoms with Crippen molar-refractivity contribution < 1.29 is 9.47 Å². The number of para-hydroxylation sites is 1. The monoisotopic (exact) mass is 302 g/mol. The molecule has 0 N–H and O–H groups in total. The molecule has 4 rings (SSSR count). The van der Waals surface area contributed by atoms with Crippen LogP contribution in [-0.2, 0) is 9.47 Å². The molecule has 2 saturated heterocycles. The molecule has 0 bridgehead atoms. The van der Waals surface area contributed by atoms with E-state index >= 15 is 0 Å². The van der Waals surface area contributed by atoms with E-state index in [-0.39, 0.29) is 5.79 Å². The second-order valence-electron chi connectivity index (χ2n) is 6.70. The van der Waals surface area contributed by atoms with E-state index in [2.05, 4.69) is 40.1 Å². The number of hydrogen-bond acceptors (Lipinski definition) is 4. The van der Waals surface area contributed by atoms with E-state index in [0.29, 0.717) is 0 Å². The molecular formula is C18H26N2O2. The first-order valence-corrected chi connectivity index (χ1v) is 8.67. The Labute approximate surface area is 133 Å². The van der Waals surface area contributed by atoms with E-state index in [1.165, 1.54) is 31.6 Å². The van der Waals surface area contributed by atoms with Gasteiger partial charge in [-0.25, -0.2) is 0 Å². The van der Waals surface area contributed by atoms with Crippen LogP contribution in [0.3, 0.4) is 0 Å². The van der Waals surface area contributed by atoms with E-state index in [4.69, 9.17) is 9.47 Å². The normalized spacial score (nSPS) is 26.6. The van der Waals surface area contributed by atoms with Crippen molar-refractivity contribution in [2.24, 2.45) is 0 Å². The fourth-order valence-corrected chi connectivity index (χ4v) is 4.18. The first-order valence-electron chi connectivity index (χ1n) is 8.67. The lowest BCUT2D eigenvalue weighted by Crippen LogP contribution is -2.52. The number of rotatable bonds is 2. The molecule has 1 spiro atoms. The van der Waals surface area contributed by atoms with E-state index in [1.54, 1.807) is 0 Å². The Kier molecular flexibility index (Phi) is 4.07. The van der Waals surface area contributed by atoms with Crippen LogP contribution in [-0.4, -0.2) is 56.1 Å². The van der Waals surface area contributed by atoms with Crippen molar-refractivity contribution in [3.63, 3.8) is 0 Å². The molecule has 4 nitrogen and oxygen atoms in total. The summed E-state index contributed by atoms with van der Waals surface area (Å²) in [6.07, 6.45) is 4.56. The van der Waals surface area contributed by atoms with Crippen LogP contribution < -0.4 is 4.90 Å². The molecule has 2 aliphatic heterocycles. The van der Waals surface area contributed by atoms with Crippen molar-refractivity contribution in [2.75, 3.05) is 44.3 Å². The zero-order chi connectivity index (χ0) is 14.8. The fraction of sp³-hybridized carbons (Fsp3) is 0.667. The lowest BCUT2D eigenvalue weighted by molar-refractivity contribution is -0.184. The van der Waals surface area contributed by atoms with Crippen LogP contribution >= 0.6 is 0 Å². The summed E-state index contributed by atoms with van der Waals surface area (Å²) in [6.45, 7) is 6.18. The molecule has 4 heteroatoms. The van der Waals surface area contributed by atoms with Gasteiger partial charge >= 0.3 is 0 Å². The minimum atomic E-state index is -0.220. The van der Waals surface area contributed by atoms with Gasteiger partial charge in [0, 0.05) is 50.7 Å². The maximum Gasteiger partial charge on any atom is 0.168 e. The first-order chi connectivity index (χ1) is 10.8. The van der Waals surface area contributed by atoms with Gasteiger partial charge in [0.25, 0.3) is 0 Å². The van der Waals surface area contributed by atoms with Crippen LogP contribution in [0.4, 0.5) is 5.69 Å². The van der Waals surface area contributed by atoms with Crippen molar-refractivity contribution in [2.45, 2.75) is 37.5 Å². The highest BCUT2D eigenvalue weighted by molar-refractivity contribution is 5.46. The van der Waals surface area contributed by atoms with E-state index in [1.807, 2.05) is 0 Å². The Morgan fingerprint density at radius 3 is 2.14 bits per heavy atom. The number of piperazine rings is 1. The summed E-state index contributed by atoms with van der Waals surface area (Å²) in [5.41, 5.74) is 1.36. The van der Waals surface area contributed by atoms with Crippen LogP contribution in [0.2, 0.25) is 0 Å². The predicted molar refractivity (Wildman–Crippen MR) is 87.1 cm³/mol. The van der Waals surface area contributed by atoms with Crippen LogP contribution in [0.15, 0.2) is 30.3 Å². The number of ether oxygens (including phenoxy) is 2. The Morgan fingerprint density at radius 1 is 0.864 bits per heavy atom. The average Bonchev–Trinajstić information content (AvgIpc) is 3.05. The summed E-state index contributed by atoms with van der Waals surface area (Å²) >= 11 is 0. The SMILES string of the molecule is c1ccc(N2CCN(C3CCC4(CC3)OCCO4)CC2)cc1. The third-order valence-electron chi connectivity index (χ3n) is 5.48. The number of nitrogens with zero attached hydrogens (tertiary/aromatic N) is 2. The van der Waals surface area contributed by atoms with Crippen molar-refractivity contribution in [3.8, 4) is 0 Å². The lowest BCUT2D eigenvalue weighted by atomic mass is 9.88. The smallest absolute Gasteiger partial charge is 0.168 e. The molecule has 2 heterocycles. The van der Waals surface area contributed by atoms with Crippen molar-refractivity contribution in [3.05, 3.63) is 30.3 Å². The summed E-state index contributed by atoms with van der Waals surface area (Å²) in [4.78, 5) is 5.19. The molecule has 1 aromatic rings. The largest absolute Gasteiger partial charge is 0.369 e. The Hall–Kier alpha value is -1.10. The molecular weight excluding hydrogens is 276 g/mol. The van der Waals surface area contributed by atoms with Gasteiger partial charge in [-0.2, -0.15) is 0 Å². The summed E-state index contributed by atoms with van der Waals surface area (Å²) in [5.74, 6) is -0.220. The van der Waals surface area contributed by atoms with E-state index in [0.717, 1.165) is 45.2 Å². The van der Waals surface area contributed by atoms with Gasteiger partial charge in [0.2, 0.25) is 0 Å². The predicted octanol–water partition coefficient (Wildman–Crippen LogP) is 2.49. The van der Waals surface area contributed by atoms with Crippen LogP contribution in [0, 0.1) is 0 Å². The minimum absolute atomic E-state index is 0.220. The molecule has 120 valence electrons. The van der Waals surface area contributed by atoms with Gasteiger partial charge in [-0.15, -0.1) is 0 Å². The molecule has 3 fully saturated rings. The van der Waals surface area contributed by atoms with E-state index < -0.39 is 0 Å². The molecule has 0 amide bonds. The second-order valence-corrected chi connectivity index (χ2v) is 6.70. The molecule has 0 atom stereocenters. The zero-order valence-corrected chi connectivity index (χ0v) is 13.2. The average molecular weight is 302 g/mol. The van der Waals surface area contributed by atoms with Gasteiger partial charge in [-0.05, 0) is 25.0 Å². The molecule has 0 radical (unpaired) electrons. The Bertz CT molecular complexity index is 469. The molecule has 0 unspecified atom stereocenters. The number of hydrogen-bond donors (Lipinski definition) is 0. The molecule has 22 heavy (non-hydrogen) atoms. The fourth-order valence-electron chi connectivity index (χ4n) is 4.18. The minimum Gasteiger partial charge on any atom is -0.369 e. The molecule has 1 aliphatic carbocycles. The highest BCUT2D eigenvalue weighted by atomic mass is 16.7. The van der Waals surface area contributed by atoms with E-state index in [9.17, 15) is 0 Å². The quantitative estimate of drug-likeness (QED) is 0.838. The summed E-state index contributed by atoms with van der Waals surface area (Å²) < 4.78 is 11.7. The van der Waals surface area contributed by atoms with Crippen LogP contribution in [0.25, 0.3) is 0 Å². The molecule has 3 aliphatic rings. The third kappa shape index (κ3) is 2.87. The van der Waals surface area contributed by atoms with Crippen LogP contribution in [0.5, 0.6) is 0 Å². The number of anilines is 1. The molecule has 0 aromatic heterocycles. The van der Waals surface area contributed by atoms with Crippen molar-refractivity contribution >= 4 is 5.69 Å². The third-order valence-corrected chi connectivity index (χ3v) is 5.48. The lowest BCUT2D eigenvalue weighted by Gasteiger charge is -2.44. The topological polar surface area (TPSA) is 24.9 Å². The number of benzene rings is 1. The van der Waals surface area contributed by atoms with Gasteiger partial charge in [-0.3, -0.25) is 4.90 Å². The van der Waals surface area contributed by atoms with Crippen molar-refractivity contribution in [1.82, 2.24) is 4.90 Å². The highest BCUT2D eigenvalue weighted by Crippen LogP contribution is 2.37. The first kappa shape index (κ1) is 14.5. The summed E-state index contributed by atoms with van der Waals surface area (Å²) in [7, 11) is 0. The van der Waals surface area contributed by atoms with Gasteiger partial charge < -0.3 is 14.4 Å². The summed E-state index contributed by atoms with van der Waals surface area (Å²) in [6, 6.07) is 11.5. The molecule has 1 saturated carbocycles. The van der Waals surface area contributed by atoms with Gasteiger partial charge in [0.1, 0.15) is 0 Å². The van der Waals surface area contributed by atoms with Crippen molar-refractivity contribution in [1.29, 1.82) is 0 Å². The highest BCUT2D eigenvalue weighted by Gasteiger charge is 2.41. The maximum absolute atomic E-state index is 5.84. The maximum atomic E-state index is 5.84. The van der Waals surface area contributed by atoms with Crippen LogP contribution in [0.1, 0.15) is 25.7 Å². The molecule has 1 aromatic carbocycles. The summed E-state index contributed by atoms with van der Waals surface area (Å²) in [5, 5.41) is 0. The van der Waals surface area contributed by atoms with Gasteiger partial charge in [-0.1, -0.05) is 18.2 Å². The second kappa shape index (κ2) is 6.19. The standard InChI is InChI=1S/C18H26N2O2/c1-2-4-16(5-3-1)19-10-12-20(13-11-19)17-6-8-18(9-7-17)21-14-15-22-18/h1-5,17H,6-15H2. The Balaban J connectivity index is 1.29. The zero-order valence-electron chi connectivity index (χ0n) is 13.2. The van der Waals surface area contributed by atoms with Gasteiger partial charge in [0.15, 0.2) is 5.79 Å². The Morgan fingerprint density at radius 2 is 1.50 bits per heavy atom. The van der Waals surface area contributed by atoms with Gasteiger partial charge in [0.05, 0.1) is 13.2 Å².